The maximum atomic E-state index is 12.6. The lowest BCUT2D eigenvalue weighted by Crippen LogP contribution is -2.51. The minimum atomic E-state index is -1.09. The van der Waals surface area contributed by atoms with E-state index in [1.807, 2.05) is 24.3 Å². The number of amides is 1. The van der Waals surface area contributed by atoms with Crippen LogP contribution in [0, 0.1) is 34.5 Å². The number of carbonyl (C=O) groups excluding carboxylic acids is 2. The third-order valence-electron chi connectivity index (χ3n) is 11.6. The van der Waals surface area contributed by atoms with Gasteiger partial charge in [0.25, 0.3) is 5.91 Å². The molecule has 8 heteroatoms. The summed E-state index contributed by atoms with van der Waals surface area (Å²) in [6.45, 7) is 6.28. The summed E-state index contributed by atoms with van der Waals surface area (Å²) in [5, 5.41) is 17.6. The van der Waals surface area contributed by atoms with Crippen molar-refractivity contribution in [1.82, 2.24) is 10.3 Å². The number of carbonyl (C=O) groups is 3. The summed E-state index contributed by atoms with van der Waals surface area (Å²) in [5.41, 5.74) is 4.36. The first-order valence-corrected chi connectivity index (χ1v) is 15.6. The molecule has 4 aliphatic rings. The second-order valence-electron chi connectivity index (χ2n) is 13.7. The molecule has 1 aromatic carbocycles. The van der Waals surface area contributed by atoms with Crippen molar-refractivity contribution in [3.8, 4) is 0 Å². The van der Waals surface area contributed by atoms with Crippen molar-refractivity contribution in [2.24, 2.45) is 39.7 Å². The van der Waals surface area contributed by atoms with E-state index < -0.39 is 17.9 Å². The van der Waals surface area contributed by atoms with Crippen LogP contribution in [0.4, 0.5) is 0 Å². The molecule has 3 N–H and O–H groups in total. The molecule has 2 aromatic rings. The minimum Gasteiger partial charge on any atom is -0.480 e. The molecule has 42 heavy (non-hydrogen) atoms. The number of aliphatic carboxylic acids is 1. The van der Waals surface area contributed by atoms with Crippen LogP contribution in [0.15, 0.2) is 47.3 Å². The molecule has 3 saturated carbocycles. The highest BCUT2D eigenvalue weighted by atomic mass is 16.6. The van der Waals surface area contributed by atoms with Crippen molar-refractivity contribution in [3.05, 3.63) is 47.7 Å². The van der Waals surface area contributed by atoms with Crippen molar-refractivity contribution in [2.45, 2.75) is 84.6 Å². The number of carboxylic acids is 1. The van der Waals surface area contributed by atoms with Crippen LogP contribution in [0.25, 0.3) is 10.9 Å². The third-order valence-corrected chi connectivity index (χ3v) is 11.6. The highest BCUT2D eigenvalue weighted by Gasteiger charge is 2.59. The van der Waals surface area contributed by atoms with Gasteiger partial charge in [-0.3, -0.25) is 9.59 Å². The molecule has 3 fully saturated rings. The van der Waals surface area contributed by atoms with Crippen molar-refractivity contribution in [1.29, 1.82) is 0 Å². The monoisotopic (exact) mass is 573 g/mol. The van der Waals surface area contributed by atoms with Crippen LogP contribution in [0.2, 0.25) is 0 Å². The van der Waals surface area contributed by atoms with Gasteiger partial charge in [-0.15, -0.1) is 0 Å². The number of hydrogen-bond donors (Lipinski definition) is 3. The van der Waals surface area contributed by atoms with Crippen LogP contribution >= 0.6 is 0 Å². The molecule has 224 valence electrons. The maximum Gasteiger partial charge on any atom is 0.326 e. The summed E-state index contributed by atoms with van der Waals surface area (Å²) in [4.78, 5) is 45.5. The van der Waals surface area contributed by atoms with E-state index in [-0.39, 0.29) is 29.8 Å². The Morgan fingerprint density at radius 3 is 2.69 bits per heavy atom. The number of oxime groups is 1. The number of aromatic nitrogens is 1. The summed E-state index contributed by atoms with van der Waals surface area (Å²) < 4.78 is 0. The lowest BCUT2D eigenvalue weighted by atomic mass is 9.46. The number of ketones is 1. The molecule has 0 bridgehead atoms. The topological polar surface area (TPSA) is 121 Å². The fourth-order valence-electron chi connectivity index (χ4n) is 9.44. The van der Waals surface area contributed by atoms with E-state index in [9.17, 15) is 19.5 Å². The number of para-hydroxylation sites is 1. The minimum absolute atomic E-state index is 0.145. The number of hydrogen-bond acceptors (Lipinski definition) is 5. The number of allylic oxidation sites excluding steroid dienone is 2. The Balaban J connectivity index is 1.06. The number of H-pyrrole nitrogens is 1. The number of nitrogens with zero attached hydrogens (tertiary/aromatic N) is 1. The largest absolute Gasteiger partial charge is 0.480 e. The van der Waals surface area contributed by atoms with Crippen molar-refractivity contribution < 1.29 is 24.3 Å². The second-order valence-corrected chi connectivity index (χ2v) is 13.7. The Kier molecular flexibility index (Phi) is 7.52. The van der Waals surface area contributed by atoms with E-state index in [0.717, 1.165) is 54.3 Å². The van der Waals surface area contributed by atoms with Gasteiger partial charge >= 0.3 is 5.97 Å². The standard InChI is InChI=1S/C34H43N3O5/c1-20(38)26-10-11-27-25-9-8-22-17-23(12-14-33(22,2)28(25)13-15-34(26,27)3)37-42-19-31(39)36-30(32(40)41)16-21-18-35-29-7-5-4-6-24(21)29/h4-7,17-18,25-28,30,35H,8-16,19H2,1-3H3,(H,36,39)(H,40,41)/b37-23-/t25-,26+,27-,28-,30+,33-,34+/m0/s1. The Labute approximate surface area is 247 Å². The van der Waals surface area contributed by atoms with Crippen LogP contribution in [-0.4, -0.2) is 46.1 Å². The quantitative estimate of drug-likeness (QED) is 0.344. The van der Waals surface area contributed by atoms with E-state index >= 15 is 0 Å². The maximum absolute atomic E-state index is 12.6. The highest BCUT2D eigenvalue weighted by molar-refractivity contribution is 5.96. The summed E-state index contributed by atoms with van der Waals surface area (Å²) in [6.07, 6.45) is 12.7. The van der Waals surface area contributed by atoms with Crippen LogP contribution in [0.5, 0.6) is 0 Å². The number of benzene rings is 1. The van der Waals surface area contributed by atoms with Crippen LogP contribution < -0.4 is 5.32 Å². The van der Waals surface area contributed by atoms with Crippen LogP contribution in [-0.2, 0) is 25.6 Å². The van der Waals surface area contributed by atoms with E-state index in [1.165, 1.54) is 24.8 Å². The summed E-state index contributed by atoms with van der Waals surface area (Å²) in [6, 6.07) is 6.61. The zero-order valence-corrected chi connectivity index (χ0v) is 24.9. The molecule has 0 saturated heterocycles. The Hall–Kier alpha value is -3.42. The first kappa shape index (κ1) is 28.7. The first-order chi connectivity index (χ1) is 20.1. The highest BCUT2D eigenvalue weighted by Crippen LogP contribution is 2.66. The van der Waals surface area contributed by atoms with E-state index in [1.54, 1.807) is 13.1 Å². The predicted octanol–water partition coefficient (Wildman–Crippen LogP) is 5.82. The van der Waals surface area contributed by atoms with Crippen molar-refractivity contribution in [3.63, 3.8) is 0 Å². The average molecular weight is 574 g/mol. The molecule has 0 unspecified atom stereocenters. The van der Waals surface area contributed by atoms with Gasteiger partial charge in [-0.2, -0.15) is 0 Å². The smallest absolute Gasteiger partial charge is 0.326 e. The molecule has 4 aliphatic carbocycles. The lowest BCUT2D eigenvalue weighted by Gasteiger charge is -2.58. The van der Waals surface area contributed by atoms with Crippen LogP contribution in [0.1, 0.15) is 77.7 Å². The van der Waals surface area contributed by atoms with Gasteiger partial charge in [-0.1, -0.05) is 42.8 Å². The van der Waals surface area contributed by atoms with Gasteiger partial charge in [0.05, 0.1) is 5.71 Å². The van der Waals surface area contributed by atoms with Gasteiger partial charge < -0.3 is 20.2 Å². The molecule has 7 atom stereocenters. The molecule has 0 aliphatic heterocycles. The molecule has 0 spiro atoms. The van der Waals surface area contributed by atoms with E-state index in [4.69, 9.17) is 4.84 Å². The number of carboxylic acid groups (broad SMARTS) is 1. The Bertz CT molecular complexity index is 1460. The summed E-state index contributed by atoms with van der Waals surface area (Å²) in [7, 11) is 0. The molecular weight excluding hydrogens is 530 g/mol. The van der Waals surface area contributed by atoms with Gasteiger partial charge in [0.1, 0.15) is 11.8 Å². The SMILES string of the molecule is CC(=O)[C@H]1CC[C@H]2[C@@H]3CCC4=C/C(=N\OCC(=O)N[C@H](Cc5c[nH]c6ccccc56)C(=O)O)CC[C@]4(C)[C@H]3CC[C@]12C. The van der Waals surface area contributed by atoms with Gasteiger partial charge in [0.15, 0.2) is 6.61 Å². The molecule has 1 heterocycles. The van der Waals surface area contributed by atoms with E-state index in [2.05, 4.69) is 35.4 Å². The van der Waals surface area contributed by atoms with E-state index in [0.29, 0.717) is 23.5 Å². The van der Waals surface area contributed by atoms with Gasteiger partial charge in [0, 0.05) is 29.4 Å². The number of aromatic amines is 1. The molecular formula is C34H43N3O5. The Morgan fingerprint density at radius 1 is 1.10 bits per heavy atom. The number of nitrogens with one attached hydrogen (secondary N) is 2. The van der Waals surface area contributed by atoms with Gasteiger partial charge in [-0.25, -0.2) is 4.79 Å². The number of Topliss-reactive ketones (excluding diaryl/α,β-unsaturated/α-hetero) is 1. The molecule has 8 nitrogen and oxygen atoms in total. The van der Waals surface area contributed by atoms with Crippen LogP contribution in [0.3, 0.4) is 0 Å². The second kappa shape index (κ2) is 11.0. The van der Waals surface area contributed by atoms with Gasteiger partial charge in [0.2, 0.25) is 0 Å². The zero-order valence-electron chi connectivity index (χ0n) is 24.9. The molecule has 1 aromatic heterocycles. The molecule has 0 radical (unpaired) electrons. The third kappa shape index (κ3) is 4.96. The number of rotatable bonds is 8. The first-order valence-electron chi connectivity index (χ1n) is 15.6. The molecule has 1 amide bonds. The van der Waals surface area contributed by atoms with Crippen molar-refractivity contribution in [2.75, 3.05) is 6.61 Å². The zero-order chi connectivity index (χ0) is 29.6. The van der Waals surface area contributed by atoms with Crippen molar-refractivity contribution >= 4 is 34.3 Å². The Morgan fingerprint density at radius 2 is 1.90 bits per heavy atom. The fourth-order valence-corrected chi connectivity index (χ4v) is 9.44. The lowest BCUT2D eigenvalue weighted by molar-refractivity contribution is -0.142. The summed E-state index contributed by atoms with van der Waals surface area (Å²) >= 11 is 0. The number of fused-ring (bicyclic) bond motifs is 6. The normalized spacial score (nSPS) is 33.7. The summed E-state index contributed by atoms with van der Waals surface area (Å²) in [5.74, 6) is 0.967. The average Bonchev–Trinajstić information content (AvgIpc) is 3.53. The fraction of sp³-hybridized carbons (Fsp3) is 0.588. The predicted molar refractivity (Wildman–Crippen MR) is 161 cm³/mol. The molecule has 6 rings (SSSR count). The van der Waals surface area contributed by atoms with Gasteiger partial charge in [-0.05, 0) is 105 Å².